The molecule has 0 fully saturated rings. The third kappa shape index (κ3) is 3.39. The fourth-order valence-electron chi connectivity index (χ4n) is 0.886. The zero-order valence-corrected chi connectivity index (χ0v) is 8.30. The van der Waals surface area contributed by atoms with Gasteiger partial charge in [0.2, 0.25) is 0 Å². The van der Waals surface area contributed by atoms with Gasteiger partial charge in [-0.05, 0) is 30.5 Å². The minimum absolute atomic E-state index is 0.435. The lowest BCUT2D eigenvalue weighted by molar-refractivity contribution is 0.326. The van der Waals surface area contributed by atoms with Crippen LogP contribution in [-0.4, -0.2) is 12.9 Å². The predicted octanol–water partition coefficient (Wildman–Crippen LogP) is 2.70. The zero-order valence-electron chi connectivity index (χ0n) is 7.49. The van der Waals surface area contributed by atoms with Crippen LogP contribution >= 0.6 is 11.8 Å². The summed E-state index contributed by atoms with van der Waals surface area (Å²) in [6, 6.07) is 9.88. The first-order chi connectivity index (χ1) is 6.36. The molecule has 0 aliphatic heterocycles. The van der Waals surface area contributed by atoms with Crippen LogP contribution in [0, 0.1) is 11.3 Å². The van der Waals surface area contributed by atoms with E-state index in [9.17, 15) is 0 Å². The van der Waals surface area contributed by atoms with Crippen LogP contribution in [0.15, 0.2) is 29.2 Å². The summed E-state index contributed by atoms with van der Waals surface area (Å²) in [7, 11) is 0. The molecule has 3 heteroatoms. The lowest BCUT2D eigenvalue weighted by atomic mass is 10.3. The van der Waals surface area contributed by atoms with E-state index in [2.05, 4.69) is 0 Å². The van der Waals surface area contributed by atoms with E-state index in [-0.39, 0.29) is 0 Å². The Bertz CT molecular complexity index is 289. The number of thioether (sulfide) groups is 1. The van der Waals surface area contributed by atoms with Crippen LogP contribution < -0.4 is 4.74 Å². The van der Waals surface area contributed by atoms with Crippen molar-refractivity contribution >= 4 is 11.8 Å². The maximum Gasteiger partial charge on any atom is 0.119 e. The van der Waals surface area contributed by atoms with Crippen LogP contribution in [0.1, 0.15) is 6.42 Å². The number of nitriles is 1. The van der Waals surface area contributed by atoms with Crippen molar-refractivity contribution in [3.8, 4) is 11.8 Å². The number of nitrogens with zero attached hydrogens (tertiary/aromatic N) is 1. The van der Waals surface area contributed by atoms with Crippen molar-refractivity contribution in [1.29, 1.82) is 5.26 Å². The summed E-state index contributed by atoms with van der Waals surface area (Å²) in [5, 5.41) is 8.29. The summed E-state index contributed by atoms with van der Waals surface area (Å²) in [6.07, 6.45) is 2.47. The molecule has 0 aromatic heterocycles. The Labute approximate surface area is 82.5 Å². The van der Waals surface area contributed by atoms with Crippen molar-refractivity contribution in [2.45, 2.75) is 11.3 Å². The Morgan fingerprint density at radius 1 is 1.38 bits per heavy atom. The van der Waals surface area contributed by atoms with Gasteiger partial charge in [0.05, 0.1) is 12.5 Å². The maximum atomic E-state index is 8.29. The second-order valence-electron chi connectivity index (χ2n) is 2.43. The summed E-state index contributed by atoms with van der Waals surface area (Å²) in [4.78, 5) is 1.22. The fraction of sp³-hybridized carbons (Fsp3) is 0.300. The number of ether oxygens (including phenoxy) is 1. The molecule has 0 spiro atoms. The van der Waals surface area contributed by atoms with Gasteiger partial charge in [-0.1, -0.05) is 0 Å². The van der Waals surface area contributed by atoms with Gasteiger partial charge in [-0.3, -0.25) is 0 Å². The van der Waals surface area contributed by atoms with Crippen molar-refractivity contribution in [3.63, 3.8) is 0 Å². The first-order valence-corrected chi connectivity index (χ1v) is 5.23. The van der Waals surface area contributed by atoms with Crippen molar-refractivity contribution in [2.24, 2.45) is 0 Å². The highest BCUT2D eigenvalue weighted by Crippen LogP contribution is 2.18. The van der Waals surface area contributed by atoms with Crippen molar-refractivity contribution in [2.75, 3.05) is 12.9 Å². The summed E-state index contributed by atoms with van der Waals surface area (Å²) >= 11 is 1.70. The van der Waals surface area contributed by atoms with E-state index in [4.69, 9.17) is 10.00 Å². The molecule has 0 heterocycles. The van der Waals surface area contributed by atoms with Gasteiger partial charge >= 0.3 is 0 Å². The second-order valence-corrected chi connectivity index (χ2v) is 3.31. The molecule has 0 atom stereocenters. The van der Waals surface area contributed by atoms with Crippen LogP contribution in [0.5, 0.6) is 5.75 Å². The molecule has 0 saturated heterocycles. The average molecular weight is 193 g/mol. The summed E-state index contributed by atoms with van der Waals surface area (Å²) < 4.78 is 5.31. The van der Waals surface area contributed by atoms with Crippen LogP contribution in [-0.2, 0) is 0 Å². The minimum Gasteiger partial charge on any atom is -0.493 e. The molecule has 0 radical (unpaired) electrons. The van der Waals surface area contributed by atoms with Gasteiger partial charge in [-0.15, -0.1) is 11.8 Å². The van der Waals surface area contributed by atoms with Crippen LogP contribution in [0.3, 0.4) is 0 Å². The lowest BCUT2D eigenvalue weighted by Crippen LogP contribution is -1.94. The topological polar surface area (TPSA) is 33.0 Å². The molecule has 0 bridgehead atoms. The van der Waals surface area contributed by atoms with Crippen molar-refractivity contribution in [3.05, 3.63) is 24.3 Å². The monoisotopic (exact) mass is 193 g/mol. The highest BCUT2D eigenvalue weighted by Gasteiger charge is 1.93. The molecule has 0 unspecified atom stereocenters. The van der Waals surface area contributed by atoms with Crippen LogP contribution in [0.25, 0.3) is 0 Å². The first-order valence-electron chi connectivity index (χ1n) is 4.00. The van der Waals surface area contributed by atoms with E-state index >= 15 is 0 Å². The van der Waals surface area contributed by atoms with Gasteiger partial charge in [-0.2, -0.15) is 5.26 Å². The summed E-state index contributed by atoms with van der Waals surface area (Å²) in [6.45, 7) is 0.467. The van der Waals surface area contributed by atoms with Crippen LogP contribution in [0.4, 0.5) is 0 Å². The summed E-state index contributed by atoms with van der Waals surface area (Å²) in [5.41, 5.74) is 0. The van der Waals surface area contributed by atoms with E-state index in [1.54, 1.807) is 11.8 Å². The van der Waals surface area contributed by atoms with Gasteiger partial charge in [0, 0.05) is 4.90 Å². The van der Waals surface area contributed by atoms with Gasteiger partial charge in [0.15, 0.2) is 0 Å². The van der Waals surface area contributed by atoms with Gasteiger partial charge in [0.1, 0.15) is 12.4 Å². The first kappa shape index (κ1) is 9.94. The maximum absolute atomic E-state index is 8.29. The molecule has 1 aromatic rings. The number of benzene rings is 1. The predicted molar refractivity (Wildman–Crippen MR) is 53.9 cm³/mol. The van der Waals surface area contributed by atoms with Gasteiger partial charge in [0.25, 0.3) is 0 Å². The molecular weight excluding hydrogens is 182 g/mol. The SMILES string of the molecule is CSc1ccc(OCCC#N)cc1. The minimum atomic E-state index is 0.435. The van der Waals surface area contributed by atoms with Crippen molar-refractivity contribution < 1.29 is 4.74 Å². The standard InChI is InChI=1S/C10H11NOS/c1-13-10-5-3-9(4-6-10)12-8-2-7-11/h3-6H,2,8H2,1H3. The molecule has 0 aliphatic carbocycles. The van der Waals surface area contributed by atoms with E-state index < -0.39 is 0 Å². The quantitative estimate of drug-likeness (QED) is 0.544. The van der Waals surface area contributed by atoms with Crippen molar-refractivity contribution in [1.82, 2.24) is 0 Å². The molecule has 0 amide bonds. The average Bonchev–Trinajstić information content (AvgIpc) is 2.19. The number of hydrogen-bond acceptors (Lipinski definition) is 3. The highest BCUT2D eigenvalue weighted by atomic mass is 32.2. The number of hydrogen-bond donors (Lipinski definition) is 0. The molecular formula is C10H11NOS. The molecule has 2 nitrogen and oxygen atoms in total. The van der Waals surface area contributed by atoms with E-state index in [1.807, 2.05) is 36.6 Å². The fourth-order valence-corrected chi connectivity index (χ4v) is 1.29. The molecule has 68 valence electrons. The Morgan fingerprint density at radius 3 is 2.62 bits per heavy atom. The molecule has 0 N–H and O–H groups in total. The Kier molecular flexibility index (Phi) is 4.20. The van der Waals surface area contributed by atoms with E-state index in [0.717, 1.165) is 5.75 Å². The normalized spacial score (nSPS) is 9.23. The molecule has 1 rings (SSSR count). The Balaban J connectivity index is 2.45. The molecule has 1 aromatic carbocycles. The third-order valence-corrected chi connectivity index (χ3v) is 2.29. The Hall–Kier alpha value is -1.14. The number of rotatable bonds is 4. The van der Waals surface area contributed by atoms with Crippen LogP contribution in [0.2, 0.25) is 0 Å². The lowest BCUT2D eigenvalue weighted by Gasteiger charge is -2.03. The second kappa shape index (κ2) is 5.50. The van der Waals surface area contributed by atoms with Gasteiger partial charge in [-0.25, -0.2) is 0 Å². The zero-order chi connectivity index (χ0) is 9.52. The highest BCUT2D eigenvalue weighted by molar-refractivity contribution is 7.98. The summed E-state index contributed by atoms with van der Waals surface area (Å²) in [5.74, 6) is 0.827. The third-order valence-electron chi connectivity index (χ3n) is 1.54. The van der Waals surface area contributed by atoms with E-state index in [1.165, 1.54) is 4.90 Å². The molecule has 0 saturated carbocycles. The molecule has 0 aliphatic rings. The molecule has 13 heavy (non-hydrogen) atoms. The van der Waals surface area contributed by atoms with E-state index in [0.29, 0.717) is 13.0 Å². The smallest absolute Gasteiger partial charge is 0.119 e. The Morgan fingerprint density at radius 2 is 2.08 bits per heavy atom. The largest absolute Gasteiger partial charge is 0.493 e. The van der Waals surface area contributed by atoms with Gasteiger partial charge < -0.3 is 4.74 Å².